The Bertz CT molecular complexity index is 1420. The first-order valence-corrected chi connectivity index (χ1v) is 11.7. The quantitative estimate of drug-likeness (QED) is 0.163. The molecule has 5 aromatic rings. The number of anilines is 4. The molecule has 0 bridgehead atoms. The molecule has 190 valence electrons. The van der Waals surface area contributed by atoms with Gasteiger partial charge < -0.3 is 21.7 Å². The molecule has 0 saturated carbocycles. The van der Waals surface area contributed by atoms with Crippen molar-refractivity contribution in [1.82, 2.24) is 4.98 Å². The van der Waals surface area contributed by atoms with Gasteiger partial charge in [-0.3, -0.25) is 0 Å². The number of rotatable bonds is 7. The average Bonchev–Trinajstić information content (AvgIpc) is 2.89. The molecule has 5 N–H and O–H groups in total. The van der Waals surface area contributed by atoms with E-state index in [1.54, 1.807) is 0 Å². The second-order valence-corrected chi connectivity index (χ2v) is 8.39. The van der Waals surface area contributed by atoms with Crippen LogP contribution < -0.4 is 21.7 Å². The van der Waals surface area contributed by atoms with Crippen molar-refractivity contribution in [3.05, 3.63) is 103 Å². The molecule has 1 heterocycles. The Morgan fingerprint density at radius 1 is 0.676 bits per heavy atom. The second kappa shape index (κ2) is 12.9. The number of carbonyl (C=O) groups excluding carboxylic acids is 1. The van der Waals surface area contributed by atoms with Gasteiger partial charge in [0.15, 0.2) is 0 Å². The third-order valence-electron chi connectivity index (χ3n) is 5.88. The number of nitrogens with one attached hydrogen (secondary N) is 3. The molecule has 2 amide bonds. The molecule has 0 atom stereocenters. The van der Waals surface area contributed by atoms with Crippen LogP contribution in [-0.4, -0.2) is 17.6 Å². The average molecular weight is 534 g/mol. The van der Waals surface area contributed by atoms with Crippen LogP contribution in [0.15, 0.2) is 97.1 Å². The minimum atomic E-state index is -0.286. The molecule has 5 rings (SSSR count). The maximum absolute atomic E-state index is 12.4. The SMILES string of the molecule is Cl.Cl.NCCCc1ccc(NC(=O)Nc2ccc(Nc3c4ccccc4nc4ccccc34)cc2)cc1. The molecule has 4 aromatic carbocycles. The summed E-state index contributed by atoms with van der Waals surface area (Å²) < 4.78 is 0. The lowest BCUT2D eigenvalue weighted by Crippen LogP contribution is -2.19. The lowest BCUT2D eigenvalue weighted by atomic mass is 10.1. The van der Waals surface area contributed by atoms with Gasteiger partial charge in [0.1, 0.15) is 0 Å². The van der Waals surface area contributed by atoms with Gasteiger partial charge in [-0.25, -0.2) is 9.78 Å². The molecule has 0 aliphatic rings. The molecule has 0 unspecified atom stereocenters. The van der Waals surface area contributed by atoms with E-state index in [-0.39, 0.29) is 30.8 Å². The number of nitrogens with two attached hydrogens (primary N) is 1. The van der Waals surface area contributed by atoms with Gasteiger partial charge in [0.2, 0.25) is 0 Å². The van der Waals surface area contributed by atoms with Crippen molar-refractivity contribution >= 4 is 75.4 Å². The molecule has 0 spiro atoms. The molecule has 8 heteroatoms. The van der Waals surface area contributed by atoms with Crippen LogP contribution in [-0.2, 0) is 6.42 Å². The summed E-state index contributed by atoms with van der Waals surface area (Å²) in [6, 6.07) is 31.4. The van der Waals surface area contributed by atoms with Crippen molar-refractivity contribution in [2.75, 3.05) is 22.5 Å². The zero-order valence-electron chi connectivity index (χ0n) is 20.1. The van der Waals surface area contributed by atoms with E-state index in [1.807, 2.05) is 84.9 Å². The fraction of sp³-hybridized carbons (Fsp3) is 0.103. The number of pyridine rings is 1. The summed E-state index contributed by atoms with van der Waals surface area (Å²) in [4.78, 5) is 17.2. The number of para-hydroxylation sites is 2. The van der Waals surface area contributed by atoms with E-state index in [2.05, 4.69) is 28.1 Å². The number of hydrogen-bond donors (Lipinski definition) is 4. The minimum absolute atomic E-state index is 0. The predicted octanol–water partition coefficient (Wildman–Crippen LogP) is 7.51. The van der Waals surface area contributed by atoms with E-state index in [0.29, 0.717) is 12.2 Å². The highest BCUT2D eigenvalue weighted by Gasteiger charge is 2.09. The van der Waals surface area contributed by atoms with Gasteiger partial charge in [-0.2, -0.15) is 0 Å². The number of halogens is 2. The number of carbonyl (C=O) groups is 1. The second-order valence-electron chi connectivity index (χ2n) is 8.39. The highest BCUT2D eigenvalue weighted by molar-refractivity contribution is 6.08. The van der Waals surface area contributed by atoms with E-state index in [0.717, 1.165) is 51.7 Å². The molecular formula is C29H29Cl2N5O. The predicted molar refractivity (Wildman–Crippen MR) is 160 cm³/mol. The Kier molecular flexibility index (Phi) is 9.69. The number of benzene rings is 4. The number of aryl methyl sites for hydroxylation is 1. The van der Waals surface area contributed by atoms with Crippen LogP contribution in [0, 0.1) is 0 Å². The highest BCUT2D eigenvalue weighted by Crippen LogP contribution is 2.33. The summed E-state index contributed by atoms with van der Waals surface area (Å²) in [5, 5.41) is 11.4. The van der Waals surface area contributed by atoms with E-state index in [1.165, 1.54) is 5.56 Å². The number of fused-ring (bicyclic) bond motifs is 2. The fourth-order valence-electron chi connectivity index (χ4n) is 4.11. The van der Waals surface area contributed by atoms with E-state index in [4.69, 9.17) is 10.7 Å². The summed E-state index contributed by atoms with van der Waals surface area (Å²) in [5.41, 5.74) is 12.0. The van der Waals surface area contributed by atoms with E-state index in [9.17, 15) is 4.79 Å². The molecule has 6 nitrogen and oxygen atoms in total. The van der Waals surface area contributed by atoms with Crippen LogP contribution in [0.4, 0.5) is 27.5 Å². The van der Waals surface area contributed by atoms with Crippen LogP contribution in [0.3, 0.4) is 0 Å². The van der Waals surface area contributed by atoms with Gasteiger partial charge in [-0.15, -0.1) is 24.8 Å². The first kappa shape index (κ1) is 27.7. The molecule has 37 heavy (non-hydrogen) atoms. The Balaban J connectivity index is 0.00000190. The minimum Gasteiger partial charge on any atom is -0.354 e. The highest BCUT2D eigenvalue weighted by atomic mass is 35.5. The maximum Gasteiger partial charge on any atom is 0.323 e. The fourth-order valence-corrected chi connectivity index (χ4v) is 4.11. The smallest absolute Gasteiger partial charge is 0.323 e. The normalized spacial score (nSPS) is 10.3. The third-order valence-corrected chi connectivity index (χ3v) is 5.88. The molecule has 0 saturated heterocycles. The number of hydrogen-bond acceptors (Lipinski definition) is 4. The zero-order valence-corrected chi connectivity index (χ0v) is 21.7. The summed E-state index contributed by atoms with van der Waals surface area (Å²) >= 11 is 0. The first-order valence-electron chi connectivity index (χ1n) is 11.7. The molecular weight excluding hydrogens is 505 g/mol. The van der Waals surface area contributed by atoms with Crippen molar-refractivity contribution in [2.45, 2.75) is 12.8 Å². The zero-order chi connectivity index (χ0) is 24.0. The summed E-state index contributed by atoms with van der Waals surface area (Å²) in [5.74, 6) is 0. The molecule has 0 fully saturated rings. The summed E-state index contributed by atoms with van der Waals surface area (Å²) in [6.45, 7) is 0.673. The maximum atomic E-state index is 12.4. The van der Waals surface area contributed by atoms with E-state index >= 15 is 0 Å². The summed E-state index contributed by atoms with van der Waals surface area (Å²) in [7, 11) is 0. The molecule has 0 aliphatic heterocycles. The monoisotopic (exact) mass is 533 g/mol. The van der Waals surface area contributed by atoms with Crippen LogP contribution >= 0.6 is 24.8 Å². The van der Waals surface area contributed by atoms with Crippen molar-refractivity contribution in [1.29, 1.82) is 0 Å². The Hall–Kier alpha value is -3.84. The number of nitrogens with zero attached hydrogens (tertiary/aromatic N) is 1. The first-order chi connectivity index (χ1) is 17.2. The number of urea groups is 1. The molecule has 0 aliphatic carbocycles. The van der Waals surface area contributed by atoms with Gasteiger partial charge in [-0.05, 0) is 73.5 Å². The van der Waals surface area contributed by atoms with Crippen LogP contribution in [0.2, 0.25) is 0 Å². The number of aromatic nitrogens is 1. The largest absolute Gasteiger partial charge is 0.354 e. The van der Waals surface area contributed by atoms with Crippen LogP contribution in [0.5, 0.6) is 0 Å². The Labute approximate surface area is 228 Å². The molecule has 0 radical (unpaired) electrons. The Morgan fingerprint density at radius 2 is 1.16 bits per heavy atom. The van der Waals surface area contributed by atoms with Crippen molar-refractivity contribution in [3.63, 3.8) is 0 Å². The van der Waals surface area contributed by atoms with Crippen LogP contribution in [0.25, 0.3) is 21.8 Å². The van der Waals surface area contributed by atoms with Gasteiger partial charge in [0, 0.05) is 27.8 Å². The lowest BCUT2D eigenvalue weighted by molar-refractivity contribution is 0.262. The van der Waals surface area contributed by atoms with E-state index < -0.39 is 0 Å². The van der Waals surface area contributed by atoms with Crippen LogP contribution in [0.1, 0.15) is 12.0 Å². The van der Waals surface area contributed by atoms with Gasteiger partial charge in [-0.1, -0.05) is 48.5 Å². The van der Waals surface area contributed by atoms with Gasteiger partial charge in [0.25, 0.3) is 0 Å². The third kappa shape index (κ3) is 6.68. The van der Waals surface area contributed by atoms with Crippen molar-refractivity contribution in [2.24, 2.45) is 5.73 Å². The van der Waals surface area contributed by atoms with Crippen molar-refractivity contribution in [3.8, 4) is 0 Å². The van der Waals surface area contributed by atoms with Gasteiger partial charge >= 0.3 is 6.03 Å². The lowest BCUT2D eigenvalue weighted by Gasteiger charge is -2.14. The number of amides is 2. The van der Waals surface area contributed by atoms with Crippen molar-refractivity contribution < 1.29 is 4.79 Å². The molecule has 1 aromatic heterocycles. The Morgan fingerprint density at radius 3 is 1.70 bits per heavy atom. The standard InChI is InChI=1S/C29H27N5O.2ClH/c30-19-5-6-20-11-13-22(14-12-20)32-29(35)33-23-17-15-21(16-18-23)31-28-24-7-1-3-9-26(24)34-27-10-4-2-8-25(27)28;;/h1-4,7-18H,5-6,19,30H2,(H,31,34)(H2,32,33,35);2*1H. The van der Waals surface area contributed by atoms with Gasteiger partial charge in [0.05, 0.1) is 16.7 Å². The topological polar surface area (TPSA) is 92.1 Å². The summed E-state index contributed by atoms with van der Waals surface area (Å²) in [6.07, 6.45) is 1.89.